The number of fused-ring (bicyclic) bond motifs is 1. The summed E-state index contributed by atoms with van der Waals surface area (Å²) >= 11 is 0. The first kappa shape index (κ1) is 19.0. The van der Waals surface area contributed by atoms with Crippen LogP contribution in [0.2, 0.25) is 0 Å². The quantitative estimate of drug-likeness (QED) is 0.839. The normalized spacial score (nSPS) is 19.4. The van der Waals surface area contributed by atoms with Gasteiger partial charge in [0.15, 0.2) is 11.5 Å². The molecule has 1 atom stereocenters. The van der Waals surface area contributed by atoms with Crippen molar-refractivity contribution < 1.29 is 14.3 Å². The summed E-state index contributed by atoms with van der Waals surface area (Å²) in [6, 6.07) is 5.93. The predicted molar refractivity (Wildman–Crippen MR) is 102 cm³/mol. The second-order valence-electron chi connectivity index (χ2n) is 7.40. The number of carbonyl (C=O) groups is 1. The molecular weight excluding hydrogens is 330 g/mol. The molecule has 1 N–H and O–H groups in total. The van der Waals surface area contributed by atoms with E-state index in [9.17, 15) is 4.79 Å². The summed E-state index contributed by atoms with van der Waals surface area (Å²) in [7, 11) is 0. The molecule has 2 heterocycles. The van der Waals surface area contributed by atoms with Crippen molar-refractivity contribution in [1.29, 1.82) is 0 Å². The average Bonchev–Trinajstić information content (AvgIpc) is 2.66. The van der Waals surface area contributed by atoms with E-state index in [0.29, 0.717) is 25.7 Å². The van der Waals surface area contributed by atoms with E-state index in [1.54, 1.807) is 0 Å². The van der Waals surface area contributed by atoms with Gasteiger partial charge < -0.3 is 19.7 Å². The molecule has 1 fully saturated rings. The van der Waals surface area contributed by atoms with Crippen LogP contribution >= 0.6 is 0 Å². The van der Waals surface area contributed by atoms with Gasteiger partial charge in [0.05, 0.1) is 12.6 Å². The fraction of sp³-hybridized carbons (Fsp3) is 0.650. The van der Waals surface area contributed by atoms with Gasteiger partial charge in [-0.25, -0.2) is 0 Å². The van der Waals surface area contributed by atoms with E-state index in [4.69, 9.17) is 9.47 Å². The number of piperazine rings is 1. The average molecular weight is 361 g/mol. The maximum atomic E-state index is 12.6. The molecule has 0 saturated carbocycles. The maximum absolute atomic E-state index is 12.6. The third-order valence-electron chi connectivity index (χ3n) is 5.19. The molecule has 3 rings (SSSR count). The molecule has 6 nitrogen and oxygen atoms in total. The number of rotatable bonds is 6. The molecule has 1 aromatic carbocycles. The Balaban J connectivity index is 1.61. The monoisotopic (exact) mass is 361 g/mol. The Kier molecular flexibility index (Phi) is 6.38. The predicted octanol–water partition coefficient (Wildman–Crippen LogP) is 1.91. The lowest BCUT2D eigenvalue weighted by Crippen LogP contribution is -2.49. The third kappa shape index (κ3) is 4.68. The van der Waals surface area contributed by atoms with Crippen LogP contribution in [0.4, 0.5) is 0 Å². The molecule has 0 aromatic heterocycles. The van der Waals surface area contributed by atoms with Crippen molar-refractivity contribution in [2.45, 2.75) is 26.8 Å². The van der Waals surface area contributed by atoms with Gasteiger partial charge in [-0.1, -0.05) is 26.8 Å². The van der Waals surface area contributed by atoms with E-state index < -0.39 is 0 Å². The Labute approximate surface area is 156 Å². The van der Waals surface area contributed by atoms with Gasteiger partial charge in [-0.05, 0) is 30.2 Å². The topological polar surface area (TPSA) is 54.0 Å². The number of likely N-dealkylation sites (N-methyl/N-ethyl adjacent to an activating group) is 1. The second kappa shape index (κ2) is 8.73. The molecule has 1 saturated heterocycles. The van der Waals surface area contributed by atoms with Crippen molar-refractivity contribution in [3.05, 3.63) is 23.8 Å². The van der Waals surface area contributed by atoms with Crippen LogP contribution in [0.1, 0.15) is 32.4 Å². The minimum atomic E-state index is -0.0322. The fourth-order valence-electron chi connectivity index (χ4n) is 3.57. The number of hydrogen-bond donors (Lipinski definition) is 1. The third-order valence-corrected chi connectivity index (χ3v) is 5.19. The van der Waals surface area contributed by atoms with Gasteiger partial charge in [-0.15, -0.1) is 0 Å². The Morgan fingerprint density at radius 3 is 2.38 bits per heavy atom. The van der Waals surface area contributed by atoms with E-state index in [-0.39, 0.29) is 11.9 Å². The van der Waals surface area contributed by atoms with Gasteiger partial charge in [0.2, 0.25) is 5.91 Å². The number of amides is 1. The fourth-order valence-corrected chi connectivity index (χ4v) is 3.57. The maximum Gasteiger partial charge on any atom is 0.234 e. The van der Waals surface area contributed by atoms with Crippen LogP contribution in [-0.4, -0.2) is 68.2 Å². The lowest BCUT2D eigenvalue weighted by molar-refractivity contribution is -0.123. The van der Waals surface area contributed by atoms with Crippen LogP contribution in [0.5, 0.6) is 11.5 Å². The highest BCUT2D eigenvalue weighted by molar-refractivity contribution is 5.78. The summed E-state index contributed by atoms with van der Waals surface area (Å²) in [5, 5.41) is 3.22. The Bertz CT molecular complexity index is 612. The minimum Gasteiger partial charge on any atom is -0.486 e. The lowest BCUT2D eigenvalue weighted by Gasteiger charge is -2.34. The van der Waals surface area contributed by atoms with Crippen molar-refractivity contribution in [2.24, 2.45) is 5.92 Å². The molecule has 6 heteroatoms. The molecule has 26 heavy (non-hydrogen) atoms. The molecule has 1 amide bonds. The van der Waals surface area contributed by atoms with Crippen LogP contribution in [-0.2, 0) is 4.79 Å². The minimum absolute atomic E-state index is 0.0322. The van der Waals surface area contributed by atoms with Crippen molar-refractivity contribution in [3.63, 3.8) is 0 Å². The highest BCUT2D eigenvalue weighted by Gasteiger charge is 2.23. The Morgan fingerprint density at radius 1 is 1.08 bits per heavy atom. The van der Waals surface area contributed by atoms with Crippen LogP contribution < -0.4 is 14.8 Å². The van der Waals surface area contributed by atoms with Crippen LogP contribution in [0.3, 0.4) is 0 Å². The zero-order valence-electron chi connectivity index (χ0n) is 16.2. The molecule has 0 spiro atoms. The van der Waals surface area contributed by atoms with E-state index in [0.717, 1.165) is 49.8 Å². The highest BCUT2D eigenvalue weighted by Crippen LogP contribution is 2.34. The number of ether oxygens (including phenoxy) is 2. The molecular formula is C20H31N3O3. The first-order chi connectivity index (χ1) is 12.6. The summed E-state index contributed by atoms with van der Waals surface area (Å²) < 4.78 is 11.3. The van der Waals surface area contributed by atoms with Crippen molar-refractivity contribution in [2.75, 3.05) is 52.5 Å². The Morgan fingerprint density at radius 2 is 1.73 bits per heavy atom. The summed E-state index contributed by atoms with van der Waals surface area (Å²) in [5.41, 5.74) is 1.06. The Hall–Kier alpha value is -1.79. The molecule has 0 unspecified atom stereocenters. The molecule has 2 aliphatic heterocycles. The van der Waals surface area contributed by atoms with E-state index in [2.05, 4.69) is 35.9 Å². The first-order valence-corrected chi connectivity index (χ1v) is 9.70. The van der Waals surface area contributed by atoms with Gasteiger partial charge in [0.1, 0.15) is 13.2 Å². The van der Waals surface area contributed by atoms with Crippen molar-refractivity contribution >= 4 is 5.91 Å². The zero-order valence-corrected chi connectivity index (χ0v) is 16.2. The molecule has 0 bridgehead atoms. The van der Waals surface area contributed by atoms with Gasteiger partial charge in [0, 0.05) is 26.2 Å². The molecule has 2 aliphatic rings. The summed E-state index contributed by atoms with van der Waals surface area (Å²) in [6.07, 6.45) is 0. The standard InChI is InChI=1S/C20H31N3O3/c1-4-22-7-9-23(10-8-22)14-19(24)21-20(15(2)3)16-5-6-17-18(13-16)26-12-11-25-17/h5-6,13,15,20H,4,7-12,14H2,1-3H3,(H,21,24)/t20-/m1/s1. The number of benzene rings is 1. The van der Waals surface area contributed by atoms with Crippen molar-refractivity contribution in [3.8, 4) is 11.5 Å². The van der Waals surface area contributed by atoms with E-state index in [1.165, 1.54) is 0 Å². The van der Waals surface area contributed by atoms with Crippen LogP contribution in [0.25, 0.3) is 0 Å². The second-order valence-corrected chi connectivity index (χ2v) is 7.40. The van der Waals surface area contributed by atoms with Crippen LogP contribution in [0.15, 0.2) is 18.2 Å². The van der Waals surface area contributed by atoms with E-state index >= 15 is 0 Å². The zero-order chi connectivity index (χ0) is 18.5. The summed E-state index contributed by atoms with van der Waals surface area (Å²) in [4.78, 5) is 17.3. The summed E-state index contributed by atoms with van der Waals surface area (Å²) in [6.45, 7) is 13.1. The van der Waals surface area contributed by atoms with Gasteiger partial charge in [-0.2, -0.15) is 0 Å². The highest BCUT2D eigenvalue weighted by atomic mass is 16.6. The first-order valence-electron chi connectivity index (χ1n) is 9.70. The lowest BCUT2D eigenvalue weighted by atomic mass is 9.95. The number of nitrogens with zero attached hydrogens (tertiary/aromatic N) is 2. The van der Waals surface area contributed by atoms with Gasteiger partial charge in [0.25, 0.3) is 0 Å². The number of hydrogen-bond acceptors (Lipinski definition) is 5. The molecule has 0 aliphatic carbocycles. The van der Waals surface area contributed by atoms with Crippen molar-refractivity contribution in [1.82, 2.24) is 15.1 Å². The SMILES string of the molecule is CCN1CCN(CC(=O)N[C@@H](c2ccc3c(c2)OCCO3)C(C)C)CC1. The van der Waals surface area contributed by atoms with Gasteiger partial charge >= 0.3 is 0 Å². The molecule has 144 valence electrons. The number of nitrogens with one attached hydrogen (secondary N) is 1. The molecule has 1 aromatic rings. The number of carbonyl (C=O) groups excluding carboxylic acids is 1. The largest absolute Gasteiger partial charge is 0.486 e. The molecule has 0 radical (unpaired) electrons. The van der Waals surface area contributed by atoms with Crippen LogP contribution in [0, 0.1) is 5.92 Å². The smallest absolute Gasteiger partial charge is 0.234 e. The van der Waals surface area contributed by atoms with E-state index in [1.807, 2.05) is 18.2 Å². The van der Waals surface area contributed by atoms with Gasteiger partial charge in [-0.3, -0.25) is 9.69 Å². The summed E-state index contributed by atoms with van der Waals surface area (Å²) in [5.74, 6) is 1.92.